The summed E-state index contributed by atoms with van der Waals surface area (Å²) in [6, 6.07) is 9.39. The zero-order valence-corrected chi connectivity index (χ0v) is 14.0. The largest absolute Gasteiger partial charge is 0.416 e. The molecule has 0 saturated carbocycles. The summed E-state index contributed by atoms with van der Waals surface area (Å²) in [6.45, 7) is 1.06. The fraction of sp³-hybridized carbons (Fsp3) is 0.294. The van der Waals surface area contributed by atoms with Crippen LogP contribution in [0.1, 0.15) is 22.8 Å². The van der Waals surface area contributed by atoms with Gasteiger partial charge in [0.05, 0.1) is 11.7 Å². The number of ether oxygens (including phenoxy) is 1. The molecule has 1 atom stereocenters. The van der Waals surface area contributed by atoms with Crippen LogP contribution in [0.4, 0.5) is 17.6 Å². The molecule has 0 amide bonds. The van der Waals surface area contributed by atoms with E-state index in [9.17, 15) is 17.6 Å². The van der Waals surface area contributed by atoms with E-state index in [2.05, 4.69) is 21.2 Å². The summed E-state index contributed by atoms with van der Waals surface area (Å²) in [7, 11) is 0. The Kier molecular flexibility index (Phi) is 4.94. The highest BCUT2D eigenvalue weighted by Crippen LogP contribution is 2.39. The lowest BCUT2D eigenvalue weighted by Gasteiger charge is -2.33. The third-order valence-electron chi connectivity index (χ3n) is 3.87. The molecule has 0 bridgehead atoms. The van der Waals surface area contributed by atoms with Crippen molar-refractivity contribution in [3.8, 4) is 0 Å². The van der Waals surface area contributed by atoms with Crippen molar-refractivity contribution in [2.24, 2.45) is 0 Å². The molecule has 2 aromatic rings. The highest BCUT2D eigenvalue weighted by atomic mass is 79.9. The van der Waals surface area contributed by atoms with Crippen molar-refractivity contribution in [1.29, 1.82) is 0 Å². The van der Waals surface area contributed by atoms with Crippen molar-refractivity contribution in [1.82, 2.24) is 5.32 Å². The second-order valence-corrected chi connectivity index (χ2v) is 6.46. The number of benzene rings is 2. The molecule has 1 heterocycles. The Labute approximate surface area is 145 Å². The van der Waals surface area contributed by atoms with Gasteiger partial charge in [0.2, 0.25) is 0 Å². The predicted octanol–water partition coefficient (Wildman–Crippen LogP) is 4.68. The second-order valence-electron chi connectivity index (χ2n) is 5.55. The number of rotatable bonds is 4. The fourth-order valence-electron chi connectivity index (χ4n) is 2.56. The molecule has 1 saturated heterocycles. The third-order valence-corrected chi connectivity index (χ3v) is 4.36. The number of nitrogens with one attached hydrogen (secondary N) is 1. The van der Waals surface area contributed by atoms with Crippen LogP contribution in [-0.4, -0.2) is 19.2 Å². The first-order valence-electron chi connectivity index (χ1n) is 7.33. The summed E-state index contributed by atoms with van der Waals surface area (Å²) < 4.78 is 60.7. The molecule has 1 unspecified atom stereocenters. The topological polar surface area (TPSA) is 21.3 Å². The van der Waals surface area contributed by atoms with Crippen molar-refractivity contribution in [2.75, 3.05) is 13.1 Å². The van der Waals surface area contributed by atoms with Gasteiger partial charge < -0.3 is 10.1 Å². The van der Waals surface area contributed by atoms with Crippen molar-refractivity contribution in [3.63, 3.8) is 0 Å². The van der Waals surface area contributed by atoms with Gasteiger partial charge in [-0.05, 0) is 23.8 Å². The van der Waals surface area contributed by atoms with E-state index in [4.69, 9.17) is 4.74 Å². The smallest absolute Gasteiger partial charge is 0.363 e. The first kappa shape index (κ1) is 17.4. The Bertz CT molecular complexity index is 731. The second kappa shape index (κ2) is 6.82. The number of halogens is 5. The molecular formula is C17H14BrF4NO. The van der Waals surface area contributed by atoms with Crippen molar-refractivity contribution in [3.05, 3.63) is 69.4 Å². The average molecular weight is 404 g/mol. The minimum absolute atomic E-state index is 0.0850. The van der Waals surface area contributed by atoms with E-state index in [1.165, 1.54) is 30.3 Å². The van der Waals surface area contributed by atoms with Crippen LogP contribution in [0.3, 0.4) is 0 Å². The SMILES string of the molecule is Fc1cc(Br)ccc1C(OC1CNC1)c1ccccc1C(F)(F)F. The summed E-state index contributed by atoms with van der Waals surface area (Å²) in [6.07, 6.45) is -5.91. The summed E-state index contributed by atoms with van der Waals surface area (Å²) in [5, 5.41) is 2.99. The first-order valence-corrected chi connectivity index (χ1v) is 8.13. The van der Waals surface area contributed by atoms with Gasteiger partial charge in [0, 0.05) is 23.1 Å². The zero-order chi connectivity index (χ0) is 17.3. The number of hydrogen-bond acceptors (Lipinski definition) is 2. The van der Waals surface area contributed by atoms with Gasteiger partial charge in [-0.25, -0.2) is 4.39 Å². The van der Waals surface area contributed by atoms with Crippen LogP contribution < -0.4 is 5.32 Å². The van der Waals surface area contributed by atoms with Crippen LogP contribution in [0.2, 0.25) is 0 Å². The summed E-state index contributed by atoms with van der Waals surface area (Å²) in [4.78, 5) is 0. The third kappa shape index (κ3) is 3.63. The Morgan fingerprint density at radius 1 is 1.08 bits per heavy atom. The van der Waals surface area contributed by atoms with E-state index in [1.807, 2.05) is 0 Å². The number of alkyl halides is 3. The molecule has 1 N–H and O–H groups in total. The van der Waals surface area contributed by atoms with Crippen LogP contribution in [0.15, 0.2) is 46.9 Å². The Hall–Kier alpha value is -1.44. The van der Waals surface area contributed by atoms with E-state index in [0.717, 1.165) is 6.07 Å². The molecule has 2 nitrogen and oxygen atoms in total. The fourth-order valence-corrected chi connectivity index (χ4v) is 2.90. The first-order chi connectivity index (χ1) is 11.4. The Morgan fingerprint density at radius 2 is 1.79 bits per heavy atom. The highest BCUT2D eigenvalue weighted by Gasteiger charge is 2.37. The monoisotopic (exact) mass is 403 g/mol. The quantitative estimate of drug-likeness (QED) is 0.748. The van der Waals surface area contributed by atoms with E-state index < -0.39 is 23.7 Å². The van der Waals surface area contributed by atoms with Gasteiger partial charge in [-0.2, -0.15) is 13.2 Å². The summed E-state index contributed by atoms with van der Waals surface area (Å²) >= 11 is 3.15. The summed E-state index contributed by atoms with van der Waals surface area (Å²) in [5.41, 5.74) is -0.815. The predicted molar refractivity (Wildman–Crippen MR) is 85.1 cm³/mol. The van der Waals surface area contributed by atoms with Crippen LogP contribution >= 0.6 is 15.9 Å². The minimum atomic E-state index is -4.54. The van der Waals surface area contributed by atoms with E-state index in [1.54, 1.807) is 6.07 Å². The van der Waals surface area contributed by atoms with E-state index in [0.29, 0.717) is 17.6 Å². The van der Waals surface area contributed by atoms with Crippen LogP contribution in [0.5, 0.6) is 0 Å². The zero-order valence-electron chi connectivity index (χ0n) is 12.4. The molecule has 1 aliphatic rings. The molecule has 0 aliphatic carbocycles. The number of hydrogen-bond donors (Lipinski definition) is 1. The molecule has 0 aromatic heterocycles. The van der Waals surface area contributed by atoms with Crippen LogP contribution in [-0.2, 0) is 10.9 Å². The molecule has 2 aromatic carbocycles. The minimum Gasteiger partial charge on any atom is -0.363 e. The van der Waals surface area contributed by atoms with E-state index in [-0.39, 0.29) is 17.2 Å². The molecule has 1 fully saturated rings. The maximum Gasteiger partial charge on any atom is 0.416 e. The van der Waals surface area contributed by atoms with Gasteiger partial charge in [0.25, 0.3) is 0 Å². The molecule has 128 valence electrons. The van der Waals surface area contributed by atoms with Gasteiger partial charge in [-0.1, -0.05) is 40.2 Å². The standard InChI is InChI=1S/C17H14BrF4NO/c18-10-5-6-13(15(19)7-10)16(24-11-8-23-9-11)12-3-1-2-4-14(12)17(20,21)22/h1-7,11,16,23H,8-9H2. The van der Waals surface area contributed by atoms with Crippen molar-refractivity contribution in [2.45, 2.75) is 18.4 Å². The van der Waals surface area contributed by atoms with Crippen molar-refractivity contribution >= 4 is 15.9 Å². The van der Waals surface area contributed by atoms with Gasteiger partial charge in [0.1, 0.15) is 11.9 Å². The lowest BCUT2D eigenvalue weighted by molar-refractivity contribution is -0.140. The van der Waals surface area contributed by atoms with Gasteiger partial charge in [0.15, 0.2) is 0 Å². The highest BCUT2D eigenvalue weighted by molar-refractivity contribution is 9.10. The Morgan fingerprint density at radius 3 is 2.38 bits per heavy atom. The Balaban J connectivity index is 2.08. The average Bonchev–Trinajstić information content (AvgIpc) is 2.47. The normalized spacial score (nSPS) is 16.7. The van der Waals surface area contributed by atoms with Gasteiger partial charge in [-0.3, -0.25) is 0 Å². The lowest BCUT2D eigenvalue weighted by Crippen LogP contribution is -2.49. The molecular weight excluding hydrogens is 390 g/mol. The van der Waals surface area contributed by atoms with Gasteiger partial charge >= 0.3 is 6.18 Å². The van der Waals surface area contributed by atoms with E-state index >= 15 is 0 Å². The lowest BCUT2D eigenvalue weighted by atomic mass is 9.95. The molecule has 0 radical (unpaired) electrons. The summed E-state index contributed by atoms with van der Waals surface area (Å²) in [5.74, 6) is -0.612. The maximum atomic E-state index is 14.4. The maximum absolute atomic E-state index is 14.4. The molecule has 24 heavy (non-hydrogen) atoms. The molecule has 1 aliphatic heterocycles. The molecule has 7 heteroatoms. The van der Waals surface area contributed by atoms with Crippen LogP contribution in [0, 0.1) is 5.82 Å². The van der Waals surface area contributed by atoms with Gasteiger partial charge in [-0.15, -0.1) is 0 Å². The molecule has 3 rings (SSSR count). The van der Waals surface area contributed by atoms with Crippen LogP contribution in [0.25, 0.3) is 0 Å². The van der Waals surface area contributed by atoms with Crippen molar-refractivity contribution < 1.29 is 22.3 Å². The molecule has 0 spiro atoms.